The Balaban J connectivity index is 1.80. The molecule has 2 atom stereocenters. The Kier molecular flexibility index (Phi) is 9.98. The molecule has 162 valence electrons. The summed E-state index contributed by atoms with van der Waals surface area (Å²) in [5, 5.41) is 9.79. The third kappa shape index (κ3) is 7.69. The van der Waals surface area contributed by atoms with Crippen molar-refractivity contribution < 1.29 is 4.79 Å². The lowest BCUT2D eigenvalue weighted by atomic mass is 10.0. The lowest BCUT2D eigenvalue weighted by Crippen LogP contribution is -2.45. The maximum Gasteiger partial charge on any atom is 0.251 e. The van der Waals surface area contributed by atoms with Gasteiger partial charge in [0.15, 0.2) is 5.96 Å². The zero-order valence-electron chi connectivity index (χ0n) is 18.6. The Morgan fingerprint density at radius 3 is 2.83 bits per heavy atom. The molecule has 1 amide bonds. The topological polar surface area (TPSA) is 68.8 Å². The predicted octanol–water partition coefficient (Wildman–Crippen LogP) is 3.14. The zero-order valence-corrected chi connectivity index (χ0v) is 18.6. The molecule has 2 rings (SSSR count). The fourth-order valence-corrected chi connectivity index (χ4v) is 3.77. The summed E-state index contributed by atoms with van der Waals surface area (Å²) in [6.45, 7) is 10.1. The molecule has 1 aliphatic heterocycles. The minimum Gasteiger partial charge on any atom is -0.355 e. The van der Waals surface area contributed by atoms with E-state index in [9.17, 15) is 4.79 Å². The van der Waals surface area contributed by atoms with Crippen LogP contribution in [0.1, 0.15) is 68.8 Å². The number of amides is 1. The van der Waals surface area contributed by atoms with Crippen molar-refractivity contribution >= 4 is 11.9 Å². The maximum atomic E-state index is 12.3. The molecule has 1 saturated heterocycles. The van der Waals surface area contributed by atoms with E-state index in [1.54, 1.807) is 7.05 Å². The largest absolute Gasteiger partial charge is 0.355 e. The van der Waals surface area contributed by atoms with Gasteiger partial charge in [0.1, 0.15) is 0 Å². The molecule has 0 spiro atoms. The van der Waals surface area contributed by atoms with E-state index in [2.05, 4.69) is 39.7 Å². The number of piperidine rings is 1. The second-order valence-electron chi connectivity index (χ2n) is 7.93. The molecule has 0 aliphatic carbocycles. The minimum atomic E-state index is -0.0179. The lowest BCUT2D eigenvalue weighted by molar-refractivity contribution is 0.0939. The number of carbonyl (C=O) groups is 1. The first-order valence-corrected chi connectivity index (χ1v) is 11.2. The summed E-state index contributed by atoms with van der Waals surface area (Å²) in [5.41, 5.74) is 1.76. The summed E-state index contributed by atoms with van der Waals surface area (Å²) in [6, 6.07) is 8.67. The molecule has 3 N–H and O–H groups in total. The van der Waals surface area contributed by atoms with E-state index in [0.717, 1.165) is 37.1 Å². The number of guanidine groups is 1. The Bertz CT molecular complexity index is 660. The number of aliphatic imine (C=N–C) groups is 1. The molecule has 1 fully saturated rings. The average molecular weight is 402 g/mol. The Labute approximate surface area is 176 Å². The third-order valence-electron chi connectivity index (χ3n) is 5.77. The normalized spacial score (nSPS) is 18.9. The molecule has 0 saturated carbocycles. The van der Waals surface area contributed by atoms with Gasteiger partial charge in [-0.1, -0.05) is 32.4 Å². The number of nitrogens with one attached hydrogen (secondary N) is 3. The van der Waals surface area contributed by atoms with Crippen molar-refractivity contribution in [3.05, 3.63) is 35.4 Å². The fraction of sp³-hybridized carbons (Fsp3) is 0.652. The number of nitrogens with zero attached hydrogens (tertiary/aromatic N) is 2. The van der Waals surface area contributed by atoms with E-state index < -0.39 is 0 Å². The summed E-state index contributed by atoms with van der Waals surface area (Å²) in [7, 11) is 1.79. The van der Waals surface area contributed by atoms with Gasteiger partial charge < -0.3 is 16.0 Å². The highest BCUT2D eigenvalue weighted by Crippen LogP contribution is 2.18. The summed E-state index contributed by atoms with van der Waals surface area (Å²) in [4.78, 5) is 19.3. The molecule has 1 aromatic rings. The van der Waals surface area contributed by atoms with Gasteiger partial charge in [-0.15, -0.1) is 0 Å². The first-order chi connectivity index (χ1) is 14.1. The summed E-state index contributed by atoms with van der Waals surface area (Å²) < 4.78 is 0. The van der Waals surface area contributed by atoms with Crippen molar-refractivity contribution in [2.75, 3.05) is 26.7 Å². The van der Waals surface area contributed by atoms with Crippen LogP contribution >= 0.6 is 0 Å². The molecule has 1 aliphatic rings. The van der Waals surface area contributed by atoms with Gasteiger partial charge in [-0.2, -0.15) is 0 Å². The van der Waals surface area contributed by atoms with Gasteiger partial charge in [0.2, 0.25) is 0 Å². The molecule has 0 bridgehead atoms. The first-order valence-electron chi connectivity index (χ1n) is 11.2. The van der Waals surface area contributed by atoms with Crippen molar-refractivity contribution in [1.29, 1.82) is 0 Å². The van der Waals surface area contributed by atoms with Crippen LogP contribution in [0.2, 0.25) is 0 Å². The van der Waals surface area contributed by atoms with Gasteiger partial charge in [-0.05, 0) is 56.8 Å². The standard InChI is InChI=1S/C23H39N5O/c1-5-18(3)27-22(29)20-11-9-10-19(16-20)17-26-23(24-4)25-13-15-28-14-8-7-12-21(28)6-2/h9-11,16,18,21H,5-8,12-15,17H2,1-4H3,(H,27,29)(H2,24,25,26). The molecular weight excluding hydrogens is 362 g/mol. The van der Waals surface area contributed by atoms with Gasteiger partial charge in [-0.3, -0.25) is 14.7 Å². The minimum absolute atomic E-state index is 0.0179. The Morgan fingerprint density at radius 1 is 1.28 bits per heavy atom. The second kappa shape index (κ2) is 12.5. The van der Waals surface area contributed by atoms with Crippen LogP contribution in [0.3, 0.4) is 0 Å². The van der Waals surface area contributed by atoms with Crippen molar-refractivity contribution in [3.8, 4) is 0 Å². The van der Waals surface area contributed by atoms with E-state index in [1.807, 2.05) is 31.2 Å². The van der Waals surface area contributed by atoms with Crippen LogP contribution in [0.5, 0.6) is 0 Å². The Hall–Kier alpha value is -2.08. The van der Waals surface area contributed by atoms with Gasteiger partial charge in [-0.25, -0.2) is 0 Å². The van der Waals surface area contributed by atoms with E-state index >= 15 is 0 Å². The predicted molar refractivity (Wildman–Crippen MR) is 121 cm³/mol. The number of benzene rings is 1. The van der Waals surface area contributed by atoms with E-state index in [-0.39, 0.29) is 11.9 Å². The highest BCUT2D eigenvalue weighted by Gasteiger charge is 2.20. The SMILES string of the molecule is CCC(C)NC(=O)c1cccc(CNC(=NC)NCCN2CCCCC2CC)c1. The van der Waals surface area contributed by atoms with E-state index in [1.165, 1.54) is 32.2 Å². The van der Waals surface area contributed by atoms with Crippen molar-refractivity contribution in [2.24, 2.45) is 4.99 Å². The molecule has 1 heterocycles. The van der Waals surface area contributed by atoms with Crippen LogP contribution in [0.15, 0.2) is 29.3 Å². The number of hydrogen-bond donors (Lipinski definition) is 3. The third-order valence-corrected chi connectivity index (χ3v) is 5.77. The summed E-state index contributed by atoms with van der Waals surface area (Å²) in [6.07, 6.45) is 6.15. The molecule has 6 nitrogen and oxygen atoms in total. The van der Waals surface area contributed by atoms with Gasteiger partial charge in [0.25, 0.3) is 5.91 Å². The average Bonchev–Trinajstić information content (AvgIpc) is 2.76. The number of rotatable bonds is 9. The number of likely N-dealkylation sites (tertiary alicyclic amines) is 1. The van der Waals surface area contributed by atoms with Gasteiger partial charge >= 0.3 is 0 Å². The van der Waals surface area contributed by atoms with Crippen molar-refractivity contribution in [3.63, 3.8) is 0 Å². The first kappa shape index (κ1) is 23.2. The van der Waals surface area contributed by atoms with Gasteiger partial charge in [0.05, 0.1) is 0 Å². The van der Waals surface area contributed by atoms with E-state index in [0.29, 0.717) is 12.1 Å². The second-order valence-corrected chi connectivity index (χ2v) is 7.93. The summed E-state index contributed by atoms with van der Waals surface area (Å²) >= 11 is 0. The number of carbonyl (C=O) groups excluding carboxylic acids is 1. The molecule has 0 aromatic heterocycles. The molecule has 6 heteroatoms. The summed E-state index contributed by atoms with van der Waals surface area (Å²) in [5.74, 6) is 0.778. The Morgan fingerprint density at radius 2 is 2.10 bits per heavy atom. The molecule has 0 radical (unpaired) electrons. The highest BCUT2D eigenvalue weighted by molar-refractivity contribution is 5.94. The van der Waals surface area contributed by atoms with Crippen LogP contribution in [-0.2, 0) is 6.54 Å². The maximum absolute atomic E-state index is 12.3. The lowest BCUT2D eigenvalue weighted by Gasteiger charge is -2.35. The van der Waals surface area contributed by atoms with Crippen molar-refractivity contribution in [1.82, 2.24) is 20.9 Å². The highest BCUT2D eigenvalue weighted by atomic mass is 16.1. The molecule has 2 unspecified atom stereocenters. The molecule has 1 aromatic carbocycles. The van der Waals surface area contributed by atoms with Crippen LogP contribution in [0.4, 0.5) is 0 Å². The smallest absolute Gasteiger partial charge is 0.251 e. The van der Waals surface area contributed by atoms with Crippen LogP contribution < -0.4 is 16.0 Å². The van der Waals surface area contributed by atoms with E-state index in [4.69, 9.17) is 0 Å². The van der Waals surface area contributed by atoms with Crippen LogP contribution in [0, 0.1) is 0 Å². The number of hydrogen-bond acceptors (Lipinski definition) is 3. The monoisotopic (exact) mass is 401 g/mol. The van der Waals surface area contributed by atoms with Crippen molar-refractivity contribution in [2.45, 2.75) is 71.5 Å². The zero-order chi connectivity index (χ0) is 21.1. The molecule has 29 heavy (non-hydrogen) atoms. The van der Waals surface area contributed by atoms with Crippen LogP contribution in [0.25, 0.3) is 0 Å². The fourth-order valence-electron chi connectivity index (χ4n) is 3.77. The van der Waals surface area contributed by atoms with Crippen LogP contribution in [-0.4, -0.2) is 55.5 Å². The van der Waals surface area contributed by atoms with Gasteiger partial charge in [0, 0.05) is 44.3 Å². The quantitative estimate of drug-likeness (QED) is 0.439. The molecular formula is C23H39N5O.